The molecule has 0 aliphatic rings. The van der Waals surface area contributed by atoms with Crippen LogP contribution in [0.3, 0.4) is 0 Å². The van der Waals surface area contributed by atoms with E-state index in [2.05, 4.69) is 45.9 Å². The Morgan fingerprint density at radius 1 is 1.06 bits per heavy atom. The topological polar surface area (TPSA) is 26.0 Å². The Kier molecular flexibility index (Phi) is 6.70. The lowest BCUT2D eigenvalue weighted by Gasteiger charge is -2.18. The fraction of sp³-hybridized carbons (Fsp3) is 0.571. The third-order valence-corrected chi connectivity index (χ3v) is 2.97. The molecule has 92 valence electrons. The molecule has 0 unspecified atom stereocenters. The fourth-order valence-corrected chi connectivity index (χ4v) is 2.07. The minimum atomic E-state index is 0. The maximum atomic E-state index is 6.24. The summed E-state index contributed by atoms with van der Waals surface area (Å²) in [4.78, 5) is 0. The highest BCUT2D eigenvalue weighted by atomic mass is 35.5. The van der Waals surface area contributed by atoms with Crippen molar-refractivity contribution in [3.8, 4) is 0 Å². The number of nitrogens with two attached hydrogens (primary N) is 1. The zero-order valence-corrected chi connectivity index (χ0v) is 11.6. The normalized spacial score (nSPS) is 12.4. The highest BCUT2D eigenvalue weighted by molar-refractivity contribution is 5.85. The molecular weight excluding hydrogens is 218 g/mol. The standard InChI is InChI=1S/C14H23N.ClH/c1-10(2)8-9-13(15)14-11(3)6-5-7-12(14)4;/h5-7,10,13H,8-9,15H2,1-4H3;1H/t13-;/m0./s1. The zero-order chi connectivity index (χ0) is 11.4. The van der Waals surface area contributed by atoms with E-state index in [9.17, 15) is 0 Å². The van der Waals surface area contributed by atoms with Crippen LogP contribution in [0.15, 0.2) is 18.2 Å². The van der Waals surface area contributed by atoms with E-state index in [-0.39, 0.29) is 18.4 Å². The molecule has 0 bridgehead atoms. The third kappa shape index (κ3) is 4.15. The van der Waals surface area contributed by atoms with Crippen molar-refractivity contribution in [3.63, 3.8) is 0 Å². The first-order chi connectivity index (χ1) is 7.02. The number of rotatable bonds is 4. The van der Waals surface area contributed by atoms with Gasteiger partial charge in [0, 0.05) is 6.04 Å². The van der Waals surface area contributed by atoms with Gasteiger partial charge in [0.1, 0.15) is 0 Å². The molecule has 1 aromatic carbocycles. The smallest absolute Gasteiger partial charge is 0.0300 e. The third-order valence-electron chi connectivity index (χ3n) is 2.97. The first-order valence-corrected chi connectivity index (χ1v) is 5.84. The second kappa shape index (κ2) is 6.93. The summed E-state index contributed by atoms with van der Waals surface area (Å²) in [6.45, 7) is 8.80. The predicted molar refractivity (Wildman–Crippen MR) is 74.2 cm³/mol. The molecule has 0 radical (unpaired) electrons. The highest BCUT2D eigenvalue weighted by Crippen LogP contribution is 2.24. The molecule has 1 atom stereocenters. The molecule has 0 spiro atoms. The van der Waals surface area contributed by atoms with Crippen LogP contribution < -0.4 is 5.73 Å². The average molecular weight is 242 g/mol. The van der Waals surface area contributed by atoms with E-state index < -0.39 is 0 Å². The average Bonchev–Trinajstić information content (AvgIpc) is 2.14. The summed E-state index contributed by atoms with van der Waals surface area (Å²) in [7, 11) is 0. The number of aryl methyl sites for hydroxylation is 2. The Hall–Kier alpha value is -0.530. The van der Waals surface area contributed by atoms with E-state index in [0.717, 1.165) is 12.3 Å². The van der Waals surface area contributed by atoms with E-state index in [0.29, 0.717) is 0 Å². The van der Waals surface area contributed by atoms with Crippen molar-refractivity contribution in [2.45, 2.75) is 46.6 Å². The minimum Gasteiger partial charge on any atom is -0.324 e. The lowest BCUT2D eigenvalue weighted by molar-refractivity contribution is 0.505. The molecule has 2 N–H and O–H groups in total. The second-order valence-electron chi connectivity index (χ2n) is 4.88. The van der Waals surface area contributed by atoms with Gasteiger partial charge in [-0.2, -0.15) is 0 Å². The molecule has 0 aliphatic carbocycles. The molecule has 1 aromatic rings. The van der Waals surface area contributed by atoms with E-state index in [4.69, 9.17) is 5.73 Å². The van der Waals surface area contributed by atoms with Crippen LogP contribution in [0, 0.1) is 19.8 Å². The Morgan fingerprint density at radius 3 is 2.00 bits per heavy atom. The summed E-state index contributed by atoms with van der Waals surface area (Å²) in [6.07, 6.45) is 2.29. The first-order valence-electron chi connectivity index (χ1n) is 5.84. The van der Waals surface area contributed by atoms with Crippen LogP contribution in [-0.4, -0.2) is 0 Å². The van der Waals surface area contributed by atoms with Gasteiger partial charge in [-0.1, -0.05) is 32.0 Å². The predicted octanol–water partition coefficient (Wildman–Crippen LogP) is 4.16. The molecule has 0 aromatic heterocycles. The van der Waals surface area contributed by atoms with Crippen molar-refractivity contribution in [1.29, 1.82) is 0 Å². The van der Waals surface area contributed by atoms with Crippen molar-refractivity contribution in [2.24, 2.45) is 11.7 Å². The molecule has 0 amide bonds. The number of halogens is 1. The van der Waals surface area contributed by atoms with Crippen LogP contribution in [0.2, 0.25) is 0 Å². The molecule has 1 nitrogen and oxygen atoms in total. The van der Waals surface area contributed by atoms with Crippen molar-refractivity contribution in [2.75, 3.05) is 0 Å². The Bertz CT molecular complexity index is 300. The van der Waals surface area contributed by atoms with Gasteiger partial charge in [0.15, 0.2) is 0 Å². The maximum Gasteiger partial charge on any atom is 0.0300 e. The molecule has 0 aliphatic heterocycles. The fourth-order valence-electron chi connectivity index (χ4n) is 2.07. The van der Waals surface area contributed by atoms with Crippen LogP contribution in [-0.2, 0) is 0 Å². The van der Waals surface area contributed by atoms with E-state index in [1.54, 1.807) is 0 Å². The summed E-state index contributed by atoms with van der Waals surface area (Å²) >= 11 is 0. The first kappa shape index (κ1) is 15.5. The maximum absolute atomic E-state index is 6.24. The number of hydrogen-bond acceptors (Lipinski definition) is 1. The van der Waals surface area contributed by atoms with Gasteiger partial charge in [-0.3, -0.25) is 0 Å². The largest absolute Gasteiger partial charge is 0.324 e. The quantitative estimate of drug-likeness (QED) is 0.842. The van der Waals surface area contributed by atoms with Crippen LogP contribution in [0.25, 0.3) is 0 Å². The lowest BCUT2D eigenvalue weighted by atomic mass is 9.92. The summed E-state index contributed by atoms with van der Waals surface area (Å²) in [5.41, 5.74) is 10.2. The van der Waals surface area contributed by atoms with Gasteiger partial charge in [0.05, 0.1) is 0 Å². The van der Waals surface area contributed by atoms with Crippen LogP contribution in [0.1, 0.15) is 49.4 Å². The van der Waals surface area contributed by atoms with E-state index >= 15 is 0 Å². The van der Waals surface area contributed by atoms with Crippen molar-refractivity contribution in [3.05, 3.63) is 34.9 Å². The monoisotopic (exact) mass is 241 g/mol. The highest BCUT2D eigenvalue weighted by Gasteiger charge is 2.11. The van der Waals surface area contributed by atoms with Crippen LogP contribution >= 0.6 is 12.4 Å². The zero-order valence-electron chi connectivity index (χ0n) is 10.8. The van der Waals surface area contributed by atoms with Crippen LogP contribution in [0.5, 0.6) is 0 Å². The number of benzene rings is 1. The van der Waals surface area contributed by atoms with Crippen molar-refractivity contribution in [1.82, 2.24) is 0 Å². The summed E-state index contributed by atoms with van der Waals surface area (Å²) < 4.78 is 0. The molecule has 2 heteroatoms. The SMILES string of the molecule is Cc1cccc(C)c1[C@@H](N)CCC(C)C.Cl. The Balaban J connectivity index is 0.00000225. The lowest BCUT2D eigenvalue weighted by Crippen LogP contribution is -2.14. The summed E-state index contributed by atoms with van der Waals surface area (Å²) in [5, 5.41) is 0. The van der Waals surface area contributed by atoms with Gasteiger partial charge in [-0.05, 0) is 49.3 Å². The second-order valence-corrected chi connectivity index (χ2v) is 4.88. The van der Waals surface area contributed by atoms with Gasteiger partial charge in [0.25, 0.3) is 0 Å². The molecule has 1 rings (SSSR count). The molecule has 0 heterocycles. The summed E-state index contributed by atoms with van der Waals surface area (Å²) in [5.74, 6) is 0.736. The van der Waals surface area contributed by atoms with Gasteiger partial charge in [0.2, 0.25) is 0 Å². The van der Waals surface area contributed by atoms with Gasteiger partial charge < -0.3 is 5.73 Å². The van der Waals surface area contributed by atoms with Crippen LogP contribution in [0.4, 0.5) is 0 Å². The Labute approximate surface area is 106 Å². The summed E-state index contributed by atoms with van der Waals surface area (Å²) in [6, 6.07) is 6.60. The molecule has 0 saturated carbocycles. The molecular formula is C14H24ClN. The van der Waals surface area contributed by atoms with E-state index in [1.165, 1.54) is 23.1 Å². The Morgan fingerprint density at radius 2 is 1.56 bits per heavy atom. The molecule has 0 fully saturated rings. The number of hydrogen-bond donors (Lipinski definition) is 1. The van der Waals surface area contributed by atoms with Gasteiger partial charge >= 0.3 is 0 Å². The minimum absolute atomic E-state index is 0. The van der Waals surface area contributed by atoms with Gasteiger partial charge in [-0.15, -0.1) is 12.4 Å². The van der Waals surface area contributed by atoms with Crippen molar-refractivity contribution < 1.29 is 0 Å². The van der Waals surface area contributed by atoms with Gasteiger partial charge in [-0.25, -0.2) is 0 Å². The van der Waals surface area contributed by atoms with Crippen molar-refractivity contribution >= 4 is 12.4 Å². The molecule has 0 saturated heterocycles. The molecule has 16 heavy (non-hydrogen) atoms. The van der Waals surface area contributed by atoms with E-state index in [1.807, 2.05) is 0 Å².